The van der Waals surface area contributed by atoms with E-state index in [1.165, 1.54) is 24.3 Å². The van der Waals surface area contributed by atoms with Gasteiger partial charge in [0.1, 0.15) is 30.7 Å². The smallest absolute Gasteiger partial charge is 0.165 e. The predicted molar refractivity (Wildman–Crippen MR) is 150 cm³/mol. The van der Waals surface area contributed by atoms with Crippen molar-refractivity contribution in [3.8, 4) is 11.5 Å². The van der Waals surface area contributed by atoms with Crippen LogP contribution in [0.1, 0.15) is 35.1 Å². The van der Waals surface area contributed by atoms with Gasteiger partial charge in [-0.25, -0.2) is 13.2 Å². The molecule has 0 amide bonds. The minimum Gasteiger partial charge on any atom is -0.486 e. The Morgan fingerprint density at radius 1 is 0.667 bits per heavy atom. The number of ether oxygens (including phenoxy) is 2. The van der Waals surface area contributed by atoms with Crippen molar-refractivity contribution in [2.75, 3.05) is 26.2 Å². The van der Waals surface area contributed by atoms with Gasteiger partial charge in [-0.2, -0.15) is 0 Å². The minimum absolute atomic E-state index is 0. The second-order valence-electron chi connectivity index (χ2n) is 8.78. The zero-order valence-corrected chi connectivity index (χ0v) is 22.6. The number of benzene rings is 3. The van der Waals surface area contributed by atoms with Crippen molar-refractivity contribution >= 4 is 36.5 Å². The van der Waals surface area contributed by atoms with Crippen LogP contribution >= 0.6 is 24.8 Å². The van der Waals surface area contributed by atoms with Crippen LogP contribution in [0, 0.1) is 17.5 Å². The first-order chi connectivity index (χ1) is 18.1. The van der Waals surface area contributed by atoms with Crippen LogP contribution in [0.5, 0.6) is 11.5 Å². The molecule has 3 aromatic rings. The van der Waals surface area contributed by atoms with Gasteiger partial charge in [-0.3, -0.25) is 9.98 Å². The average molecular weight is 581 g/mol. The van der Waals surface area contributed by atoms with E-state index in [1.807, 2.05) is 0 Å². The molecular formula is C28H29Cl2F3N4O2. The van der Waals surface area contributed by atoms with Crippen LogP contribution in [0.15, 0.2) is 64.6 Å². The standard InChI is InChI=1S/C28H27F3N4O2.2ClH/c29-22-14-18(27-32-10-2-11-33-27)6-8-24(22)36-16-20-4-1-5-21(26(20)31)17-37-25-9-7-19(15-23(25)30)28-34-12-3-13-35-28;;/h1,4-9,14-15H,2-3,10-13,16-17H2,(H,32,33)(H,34,35);2*1H. The molecule has 208 valence electrons. The number of amidine groups is 2. The number of nitrogens with zero attached hydrogens (tertiary/aromatic N) is 2. The molecule has 0 radical (unpaired) electrons. The highest BCUT2D eigenvalue weighted by Crippen LogP contribution is 2.24. The van der Waals surface area contributed by atoms with E-state index in [2.05, 4.69) is 20.6 Å². The van der Waals surface area contributed by atoms with Crippen molar-refractivity contribution in [1.29, 1.82) is 0 Å². The molecule has 0 aromatic heterocycles. The zero-order chi connectivity index (χ0) is 25.6. The van der Waals surface area contributed by atoms with Crippen molar-refractivity contribution < 1.29 is 22.6 Å². The molecule has 0 aliphatic carbocycles. The molecule has 0 saturated carbocycles. The number of halogens is 5. The fraction of sp³-hybridized carbons (Fsp3) is 0.286. The number of hydrogen-bond donors (Lipinski definition) is 2. The largest absolute Gasteiger partial charge is 0.486 e. The van der Waals surface area contributed by atoms with Crippen LogP contribution < -0.4 is 20.1 Å². The van der Waals surface area contributed by atoms with Crippen LogP contribution in [-0.4, -0.2) is 37.9 Å². The third kappa shape index (κ3) is 7.36. The van der Waals surface area contributed by atoms with Crippen LogP contribution in [0.3, 0.4) is 0 Å². The molecule has 2 aliphatic rings. The van der Waals surface area contributed by atoms with Gasteiger partial charge in [-0.1, -0.05) is 18.2 Å². The molecule has 5 rings (SSSR count). The molecular weight excluding hydrogens is 552 g/mol. The molecule has 3 aromatic carbocycles. The molecule has 0 unspecified atom stereocenters. The Kier molecular flexibility index (Phi) is 10.9. The Bertz CT molecular complexity index is 1260. The highest BCUT2D eigenvalue weighted by molar-refractivity contribution is 5.99. The van der Waals surface area contributed by atoms with E-state index in [1.54, 1.807) is 30.3 Å². The maximum atomic E-state index is 15.1. The monoisotopic (exact) mass is 580 g/mol. The Morgan fingerprint density at radius 2 is 1.13 bits per heavy atom. The molecule has 2 aliphatic heterocycles. The normalized spacial score (nSPS) is 14.4. The van der Waals surface area contributed by atoms with Crippen LogP contribution in [0.25, 0.3) is 0 Å². The summed E-state index contributed by atoms with van der Waals surface area (Å²) in [4.78, 5) is 8.72. The summed E-state index contributed by atoms with van der Waals surface area (Å²) in [5.74, 6) is -0.317. The van der Waals surface area contributed by atoms with Gasteiger partial charge in [0.15, 0.2) is 23.1 Å². The molecule has 11 heteroatoms. The van der Waals surface area contributed by atoms with E-state index in [9.17, 15) is 8.78 Å². The zero-order valence-electron chi connectivity index (χ0n) is 21.0. The Labute approximate surface area is 237 Å². The Morgan fingerprint density at radius 3 is 1.51 bits per heavy atom. The fourth-order valence-electron chi connectivity index (χ4n) is 4.15. The molecule has 2 N–H and O–H groups in total. The SMILES string of the molecule is Cl.Cl.Fc1cc(C2=NCCCN2)ccc1OCc1cccc(COc2ccc(C3=NCCCN3)cc2F)c1F. The molecule has 0 bridgehead atoms. The van der Waals surface area contributed by atoms with Gasteiger partial charge in [-0.15, -0.1) is 24.8 Å². The lowest BCUT2D eigenvalue weighted by molar-refractivity contribution is 0.274. The summed E-state index contributed by atoms with van der Waals surface area (Å²) in [5.41, 5.74) is 1.75. The molecule has 2 heterocycles. The summed E-state index contributed by atoms with van der Waals surface area (Å²) in [6.07, 6.45) is 1.88. The van der Waals surface area contributed by atoms with Crippen molar-refractivity contribution in [3.05, 3.63) is 94.3 Å². The molecule has 0 saturated heterocycles. The van der Waals surface area contributed by atoms with E-state index < -0.39 is 17.5 Å². The van der Waals surface area contributed by atoms with Gasteiger partial charge in [0.25, 0.3) is 0 Å². The van der Waals surface area contributed by atoms with Gasteiger partial charge in [0.2, 0.25) is 0 Å². The topological polar surface area (TPSA) is 67.2 Å². The first kappa shape index (κ1) is 30.1. The Hall–Kier alpha value is -3.43. The highest BCUT2D eigenvalue weighted by Gasteiger charge is 2.15. The molecule has 0 atom stereocenters. The van der Waals surface area contributed by atoms with E-state index in [0.29, 0.717) is 35.9 Å². The summed E-state index contributed by atoms with van der Waals surface area (Å²) in [7, 11) is 0. The van der Waals surface area contributed by atoms with E-state index >= 15 is 4.39 Å². The number of hydrogen-bond acceptors (Lipinski definition) is 6. The summed E-state index contributed by atoms with van der Waals surface area (Å²) < 4.78 is 55.4. The first-order valence-corrected chi connectivity index (χ1v) is 12.3. The maximum Gasteiger partial charge on any atom is 0.165 e. The number of aliphatic imine (C=N–C) groups is 2. The minimum atomic E-state index is -0.555. The second-order valence-corrected chi connectivity index (χ2v) is 8.78. The van der Waals surface area contributed by atoms with E-state index in [4.69, 9.17) is 9.47 Å². The van der Waals surface area contributed by atoms with Crippen molar-refractivity contribution in [1.82, 2.24) is 10.6 Å². The van der Waals surface area contributed by atoms with Crippen LogP contribution in [-0.2, 0) is 13.2 Å². The van der Waals surface area contributed by atoms with Gasteiger partial charge in [0.05, 0.1) is 0 Å². The fourth-order valence-corrected chi connectivity index (χ4v) is 4.15. The Balaban J connectivity index is 0.00000210. The molecule has 0 spiro atoms. The highest BCUT2D eigenvalue weighted by atomic mass is 35.5. The molecule has 6 nitrogen and oxygen atoms in total. The maximum absolute atomic E-state index is 15.1. The predicted octanol–water partition coefficient (Wildman–Crippen LogP) is 5.59. The second kappa shape index (κ2) is 14.1. The molecule has 0 fully saturated rings. The lowest BCUT2D eigenvalue weighted by Gasteiger charge is -2.16. The average Bonchev–Trinajstić information content (AvgIpc) is 2.94. The summed E-state index contributed by atoms with van der Waals surface area (Å²) in [6, 6.07) is 13.9. The first-order valence-electron chi connectivity index (χ1n) is 12.3. The van der Waals surface area contributed by atoms with E-state index in [-0.39, 0.29) is 60.7 Å². The van der Waals surface area contributed by atoms with Gasteiger partial charge in [0, 0.05) is 48.4 Å². The summed E-state index contributed by atoms with van der Waals surface area (Å²) in [6.45, 7) is 2.65. The van der Waals surface area contributed by atoms with E-state index in [0.717, 1.165) is 25.9 Å². The van der Waals surface area contributed by atoms with Gasteiger partial charge in [-0.05, 0) is 49.2 Å². The lowest BCUT2D eigenvalue weighted by atomic mass is 10.1. The van der Waals surface area contributed by atoms with Crippen LogP contribution in [0.4, 0.5) is 13.2 Å². The number of nitrogens with one attached hydrogen (secondary N) is 2. The van der Waals surface area contributed by atoms with Crippen molar-refractivity contribution in [3.63, 3.8) is 0 Å². The van der Waals surface area contributed by atoms with Crippen LogP contribution in [0.2, 0.25) is 0 Å². The van der Waals surface area contributed by atoms with Crippen molar-refractivity contribution in [2.45, 2.75) is 26.1 Å². The van der Waals surface area contributed by atoms with Gasteiger partial charge >= 0.3 is 0 Å². The molecule has 39 heavy (non-hydrogen) atoms. The lowest BCUT2D eigenvalue weighted by Crippen LogP contribution is -2.30. The quantitative estimate of drug-likeness (QED) is 0.365. The van der Waals surface area contributed by atoms with Crippen molar-refractivity contribution in [2.24, 2.45) is 9.98 Å². The third-order valence-electron chi connectivity index (χ3n) is 6.13. The van der Waals surface area contributed by atoms with Gasteiger partial charge < -0.3 is 20.1 Å². The number of rotatable bonds is 8. The third-order valence-corrected chi connectivity index (χ3v) is 6.13. The summed E-state index contributed by atoms with van der Waals surface area (Å²) >= 11 is 0. The summed E-state index contributed by atoms with van der Waals surface area (Å²) in [5, 5.41) is 6.30.